The van der Waals surface area contributed by atoms with Crippen LogP contribution in [0.25, 0.3) is 11.1 Å². The number of hydrogen-bond donors (Lipinski definition) is 0. The molecule has 0 aromatic heterocycles. The normalized spacial score (nSPS) is 9.97. The Balaban J connectivity index is 0.000000237. The zero-order valence-electron chi connectivity index (χ0n) is 18.1. The van der Waals surface area contributed by atoms with Crippen molar-refractivity contribution in [1.29, 1.82) is 0 Å². The second kappa shape index (κ2) is 13.7. The molecule has 0 atom stereocenters. The van der Waals surface area contributed by atoms with E-state index in [9.17, 15) is 0 Å². The van der Waals surface area contributed by atoms with Crippen LogP contribution in [0.2, 0.25) is 0 Å². The SMILES string of the molecule is Cc1cc(C)c(C)[cH-]1.[Cl-].[Cl-].[Zr+2]=[CH]c1ccccc1.[c-]1cccc2c1Cc1ccccc1-2. The van der Waals surface area contributed by atoms with Crippen molar-refractivity contribution in [3.63, 3.8) is 0 Å². The van der Waals surface area contributed by atoms with E-state index in [0.29, 0.717) is 0 Å². The molecule has 1 aliphatic rings. The van der Waals surface area contributed by atoms with Crippen LogP contribution in [0.1, 0.15) is 33.4 Å². The Kier molecular flexibility index (Phi) is 12.1. The Morgan fingerprint density at radius 3 is 2.03 bits per heavy atom. The fraction of sp³-hybridized carbons (Fsp3) is 0.143. The maximum Gasteiger partial charge on any atom is -0.0253 e. The van der Waals surface area contributed by atoms with Crippen molar-refractivity contribution >= 4 is 3.71 Å². The second-order valence-corrected chi connectivity index (χ2v) is 8.06. The van der Waals surface area contributed by atoms with Crippen LogP contribution in [0.15, 0.2) is 84.9 Å². The van der Waals surface area contributed by atoms with Crippen molar-refractivity contribution in [2.75, 3.05) is 0 Å². The van der Waals surface area contributed by atoms with Gasteiger partial charge in [-0.05, 0) is 6.42 Å². The number of rotatable bonds is 1. The number of aryl methyl sites for hydroxylation is 3. The molecular weight excluding hydrogens is 498 g/mol. The van der Waals surface area contributed by atoms with Crippen LogP contribution in [0.3, 0.4) is 0 Å². The molecule has 0 unspecified atom stereocenters. The van der Waals surface area contributed by atoms with Crippen LogP contribution in [0, 0.1) is 26.8 Å². The third-order valence-electron chi connectivity index (χ3n) is 5.09. The Morgan fingerprint density at radius 2 is 1.48 bits per heavy atom. The zero-order valence-corrected chi connectivity index (χ0v) is 22.1. The van der Waals surface area contributed by atoms with E-state index in [1.807, 2.05) is 12.1 Å². The average Bonchev–Trinajstić information content (AvgIpc) is 3.27. The number of halogens is 2. The minimum absolute atomic E-state index is 0. The predicted octanol–water partition coefficient (Wildman–Crippen LogP) is 0.780. The fourth-order valence-corrected chi connectivity index (χ4v) is 3.97. The van der Waals surface area contributed by atoms with Crippen LogP contribution >= 0.6 is 0 Å². The molecule has 31 heavy (non-hydrogen) atoms. The number of benzene rings is 3. The maximum absolute atomic E-state index is 3.30. The standard InChI is InChI=1S/C13H9.C8H11.C7H6.2ClH.Zr/c1-3-7-12-10(5-1)9-11-6-2-4-8-13(11)12;1-6-4-7(2)8(3)5-6;1-7-5-3-2-4-6-7;;;/h1-5,7-8H,9H2;4-5H,1-3H3;1-6H;2*1H;/q2*-1;;;;+2/p-2. The second-order valence-electron chi connectivity index (χ2n) is 7.35. The Labute approximate surface area is 214 Å². The van der Waals surface area contributed by atoms with E-state index in [1.165, 1.54) is 68.7 Å². The van der Waals surface area contributed by atoms with Gasteiger partial charge in [0.1, 0.15) is 0 Å². The molecule has 0 amide bonds. The first-order valence-corrected chi connectivity index (χ1v) is 11.3. The van der Waals surface area contributed by atoms with Gasteiger partial charge in [-0.15, -0.1) is 5.56 Å². The first-order chi connectivity index (χ1) is 14.1. The fourth-order valence-electron chi connectivity index (χ4n) is 3.50. The monoisotopic (exact) mass is 522 g/mol. The Hall–Kier alpha value is -1.66. The third kappa shape index (κ3) is 7.76. The molecule has 0 fully saturated rings. The molecule has 0 radical (unpaired) electrons. The molecule has 4 aromatic rings. The van der Waals surface area contributed by atoms with Gasteiger partial charge in [-0.3, -0.25) is 0 Å². The molecule has 0 spiro atoms. The zero-order chi connectivity index (χ0) is 20.6. The minimum atomic E-state index is 0. The summed E-state index contributed by atoms with van der Waals surface area (Å²) < 4.78 is 2.17. The van der Waals surface area contributed by atoms with Gasteiger partial charge >= 0.3 is 63.8 Å². The van der Waals surface area contributed by atoms with E-state index in [2.05, 4.69) is 103 Å². The van der Waals surface area contributed by atoms with Gasteiger partial charge in [0.2, 0.25) is 0 Å². The molecule has 1 aliphatic carbocycles. The summed E-state index contributed by atoms with van der Waals surface area (Å²) in [5.41, 5.74) is 11.0. The van der Waals surface area contributed by atoms with E-state index < -0.39 is 0 Å². The average molecular weight is 525 g/mol. The summed E-state index contributed by atoms with van der Waals surface area (Å²) in [6.07, 6.45) is 1.05. The molecule has 3 heteroatoms. The van der Waals surface area contributed by atoms with Gasteiger partial charge in [-0.2, -0.15) is 52.6 Å². The van der Waals surface area contributed by atoms with E-state index in [0.717, 1.165) is 6.42 Å². The molecule has 0 saturated carbocycles. The minimum Gasteiger partial charge on any atom is -0.179 e. The summed E-state index contributed by atoms with van der Waals surface area (Å²) in [6, 6.07) is 32.9. The van der Waals surface area contributed by atoms with Crippen molar-refractivity contribution in [1.82, 2.24) is 0 Å². The van der Waals surface area contributed by atoms with Gasteiger partial charge in [0.05, 0.1) is 0 Å². The van der Waals surface area contributed by atoms with Gasteiger partial charge in [0.25, 0.3) is 0 Å². The molecule has 0 aliphatic heterocycles. The molecule has 0 nitrogen and oxygen atoms in total. The van der Waals surface area contributed by atoms with E-state index >= 15 is 0 Å². The smallest absolute Gasteiger partial charge is 0.0253 e. The molecule has 4 aromatic carbocycles. The molecule has 0 bridgehead atoms. The number of hydrogen-bond acceptors (Lipinski definition) is 0. The molecule has 5 rings (SSSR count). The van der Waals surface area contributed by atoms with Crippen molar-refractivity contribution in [3.05, 3.63) is 124 Å². The quantitative estimate of drug-likeness (QED) is 0.285. The molecular formula is C28H26Cl2Zr-2. The first kappa shape index (κ1) is 27.4. The largest absolute Gasteiger partial charge is 0.179 e. The summed E-state index contributed by atoms with van der Waals surface area (Å²) in [6.45, 7) is 6.41. The van der Waals surface area contributed by atoms with Crippen molar-refractivity contribution in [3.8, 4) is 11.1 Å². The summed E-state index contributed by atoms with van der Waals surface area (Å²) in [7, 11) is 0. The summed E-state index contributed by atoms with van der Waals surface area (Å²) in [5.74, 6) is 0. The van der Waals surface area contributed by atoms with Crippen LogP contribution in [-0.4, -0.2) is 3.71 Å². The first-order valence-electron chi connectivity index (χ1n) is 9.92. The van der Waals surface area contributed by atoms with Crippen LogP contribution in [0.4, 0.5) is 0 Å². The summed E-state index contributed by atoms with van der Waals surface area (Å²) in [4.78, 5) is 0. The van der Waals surface area contributed by atoms with Crippen LogP contribution in [-0.2, 0) is 30.7 Å². The van der Waals surface area contributed by atoms with E-state index in [-0.39, 0.29) is 24.8 Å². The van der Waals surface area contributed by atoms with Gasteiger partial charge in [0.15, 0.2) is 0 Å². The van der Waals surface area contributed by atoms with Crippen molar-refractivity contribution in [2.24, 2.45) is 0 Å². The predicted molar refractivity (Wildman–Crippen MR) is 121 cm³/mol. The van der Waals surface area contributed by atoms with E-state index in [4.69, 9.17) is 0 Å². The molecule has 0 saturated heterocycles. The topological polar surface area (TPSA) is 0 Å². The Morgan fingerprint density at radius 1 is 0.839 bits per heavy atom. The van der Waals surface area contributed by atoms with Crippen molar-refractivity contribution < 1.29 is 49.0 Å². The molecule has 0 N–H and O–H groups in total. The van der Waals surface area contributed by atoms with Gasteiger partial charge in [0, 0.05) is 0 Å². The summed E-state index contributed by atoms with van der Waals surface area (Å²) >= 11 is 1.46. The van der Waals surface area contributed by atoms with Crippen LogP contribution < -0.4 is 24.8 Å². The number of fused-ring (bicyclic) bond motifs is 3. The van der Waals surface area contributed by atoms with Gasteiger partial charge in [-0.1, -0.05) is 56.2 Å². The molecule has 0 heterocycles. The van der Waals surface area contributed by atoms with E-state index in [1.54, 1.807) is 0 Å². The Bertz CT molecular complexity index is 1020. The third-order valence-corrected chi connectivity index (χ3v) is 5.91. The maximum atomic E-state index is 3.30. The van der Waals surface area contributed by atoms with Crippen LogP contribution in [0.5, 0.6) is 0 Å². The van der Waals surface area contributed by atoms with Gasteiger partial charge in [-0.25, -0.2) is 6.07 Å². The van der Waals surface area contributed by atoms with Gasteiger partial charge < -0.3 is 24.8 Å². The summed E-state index contributed by atoms with van der Waals surface area (Å²) in [5, 5.41) is 0. The van der Waals surface area contributed by atoms with Crippen molar-refractivity contribution in [2.45, 2.75) is 27.2 Å². The molecule has 158 valence electrons.